The van der Waals surface area contributed by atoms with E-state index < -0.39 is 23.9 Å². The highest BCUT2D eigenvalue weighted by Crippen LogP contribution is 2.34. The van der Waals surface area contributed by atoms with Gasteiger partial charge in [-0.05, 0) is 37.3 Å². The molecule has 2 unspecified atom stereocenters. The second-order valence-corrected chi connectivity index (χ2v) is 9.07. The molecule has 1 saturated carbocycles. The summed E-state index contributed by atoms with van der Waals surface area (Å²) in [5.74, 6) is -0.311. The van der Waals surface area contributed by atoms with E-state index in [0.29, 0.717) is 47.0 Å². The normalized spacial score (nSPS) is 19.4. The van der Waals surface area contributed by atoms with Crippen LogP contribution in [-0.2, 0) is 9.59 Å². The zero-order valence-corrected chi connectivity index (χ0v) is 19.0. The summed E-state index contributed by atoms with van der Waals surface area (Å²) in [6, 6.07) is 5.55. The first-order valence-corrected chi connectivity index (χ1v) is 11.4. The number of rotatable bonds is 9. The van der Waals surface area contributed by atoms with Gasteiger partial charge < -0.3 is 25.7 Å². The zero-order chi connectivity index (χ0) is 23.5. The topological polar surface area (TPSA) is 136 Å². The summed E-state index contributed by atoms with van der Waals surface area (Å²) in [5.41, 5.74) is 0.874. The van der Waals surface area contributed by atoms with Gasteiger partial charge in [0.15, 0.2) is 0 Å². The minimum atomic E-state index is -0.802. The number of nitrogens with one attached hydrogen (secondary N) is 4. The number of amides is 3. The van der Waals surface area contributed by atoms with Crippen molar-refractivity contribution in [3.05, 3.63) is 28.9 Å². The van der Waals surface area contributed by atoms with E-state index >= 15 is 0 Å². The number of nitrogens with zero attached hydrogens (tertiary/aromatic N) is 1. The van der Waals surface area contributed by atoms with E-state index in [9.17, 15) is 19.6 Å². The van der Waals surface area contributed by atoms with Gasteiger partial charge in [0.05, 0.1) is 23.7 Å². The number of benzene rings is 1. The molecule has 2 heterocycles. The first-order valence-electron chi connectivity index (χ1n) is 11.0. The lowest BCUT2D eigenvalue weighted by Gasteiger charge is -2.21. The summed E-state index contributed by atoms with van der Waals surface area (Å²) in [4.78, 5) is 40.8. The first-order chi connectivity index (χ1) is 15.9. The number of aromatic amines is 1. The molecule has 2 fully saturated rings. The number of carbonyl (C=O) groups excluding carboxylic acids is 3. The molecule has 1 saturated heterocycles. The summed E-state index contributed by atoms with van der Waals surface area (Å²) in [7, 11) is 1.53. The Bertz CT molecular complexity index is 1120. The third-order valence-corrected chi connectivity index (χ3v) is 6.48. The largest absolute Gasteiger partial charge is 0.497 e. The van der Waals surface area contributed by atoms with Crippen LogP contribution in [0.3, 0.4) is 0 Å². The van der Waals surface area contributed by atoms with E-state index in [1.54, 1.807) is 18.2 Å². The van der Waals surface area contributed by atoms with E-state index in [-0.39, 0.29) is 23.9 Å². The van der Waals surface area contributed by atoms with Crippen LogP contribution in [0.5, 0.6) is 5.75 Å². The van der Waals surface area contributed by atoms with Crippen molar-refractivity contribution in [3.8, 4) is 11.8 Å². The second-order valence-electron chi connectivity index (χ2n) is 8.66. The average molecular weight is 472 g/mol. The summed E-state index contributed by atoms with van der Waals surface area (Å²) >= 11 is 6.28. The van der Waals surface area contributed by atoms with Crippen LogP contribution in [0.1, 0.15) is 42.6 Å². The third kappa shape index (κ3) is 5.40. The van der Waals surface area contributed by atoms with E-state index in [0.717, 1.165) is 12.8 Å². The number of ether oxygens (including phenoxy) is 1. The Morgan fingerprint density at radius 3 is 2.67 bits per heavy atom. The minimum Gasteiger partial charge on any atom is -0.497 e. The summed E-state index contributed by atoms with van der Waals surface area (Å²) < 4.78 is 5.22. The predicted molar refractivity (Wildman–Crippen MR) is 122 cm³/mol. The summed E-state index contributed by atoms with van der Waals surface area (Å²) in [5, 5.41) is 18.9. The quantitative estimate of drug-likeness (QED) is 0.444. The van der Waals surface area contributed by atoms with Crippen molar-refractivity contribution in [2.75, 3.05) is 13.7 Å². The highest BCUT2D eigenvalue weighted by molar-refractivity contribution is 6.35. The number of halogens is 1. The number of aromatic nitrogens is 1. The molecule has 2 aromatic rings. The van der Waals surface area contributed by atoms with Crippen LogP contribution in [0.4, 0.5) is 0 Å². The highest BCUT2D eigenvalue weighted by atomic mass is 35.5. The van der Waals surface area contributed by atoms with Crippen molar-refractivity contribution in [1.29, 1.82) is 5.26 Å². The lowest BCUT2D eigenvalue weighted by Crippen LogP contribution is -2.50. The smallest absolute Gasteiger partial charge is 0.268 e. The Morgan fingerprint density at radius 1 is 1.24 bits per heavy atom. The van der Waals surface area contributed by atoms with Crippen molar-refractivity contribution in [2.45, 2.75) is 44.2 Å². The number of fused-ring (bicyclic) bond motifs is 1. The minimum absolute atomic E-state index is 0.0959. The zero-order valence-electron chi connectivity index (χ0n) is 18.2. The van der Waals surface area contributed by atoms with Gasteiger partial charge in [-0.25, -0.2) is 0 Å². The molecular weight excluding hydrogens is 446 g/mol. The molecule has 33 heavy (non-hydrogen) atoms. The maximum Gasteiger partial charge on any atom is 0.268 e. The monoisotopic (exact) mass is 471 g/mol. The van der Waals surface area contributed by atoms with Gasteiger partial charge in [0, 0.05) is 23.9 Å². The van der Waals surface area contributed by atoms with Crippen molar-refractivity contribution < 1.29 is 19.1 Å². The fourth-order valence-corrected chi connectivity index (χ4v) is 4.40. The van der Waals surface area contributed by atoms with E-state index in [4.69, 9.17) is 16.3 Å². The van der Waals surface area contributed by atoms with Gasteiger partial charge in [-0.3, -0.25) is 14.4 Å². The Labute approximate surface area is 196 Å². The number of nitriles is 1. The van der Waals surface area contributed by atoms with Crippen molar-refractivity contribution in [1.82, 2.24) is 20.9 Å². The molecule has 9 nitrogen and oxygen atoms in total. The van der Waals surface area contributed by atoms with Crippen LogP contribution in [0.2, 0.25) is 5.02 Å². The van der Waals surface area contributed by atoms with Crippen molar-refractivity contribution >= 4 is 40.2 Å². The molecule has 174 valence electrons. The van der Waals surface area contributed by atoms with Crippen molar-refractivity contribution in [2.24, 2.45) is 11.8 Å². The van der Waals surface area contributed by atoms with Gasteiger partial charge in [0.2, 0.25) is 11.8 Å². The molecule has 4 N–H and O–H groups in total. The molecule has 3 atom stereocenters. The summed E-state index contributed by atoms with van der Waals surface area (Å²) in [6.45, 7) is 0.580. The highest BCUT2D eigenvalue weighted by Gasteiger charge is 2.33. The van der Waals surface area contributed by atoms with Crippen molar-refractivity contribution in [3.63, 3.8) is 0 Å². The van der Waals surface area contributed by atoms with Crippen LogP contribution in [0, 0.1) is 23.2 Å². The number of carbonyl (C=O) groups is 3. The van der Waals surface area contributed by atoms with E-state index in [1.165, 1.54) is 7.11 Å². The number of methoxy groups -OCH3 is 1. The molecule has 1 aliphatic heterocycles. The molecule has 10 heteroatoms. The van der Waals surface area contributed by atoms with Gasteiger partial charge in [-0.2, -0.15) is 5.26 Å². The SMILES string of the molecule is COc1cc(Cl)c2[nH]c(C(=O)NC(CC3CC3)C(=O)NC(C#N)C[C@@H]3CCNC3=O)cc2c1. The van der Waals surface area contributed by atoms with Crippen LogP contribution < -0.4 is 20.7 Å². The average Bonchev–Trinajstić information content (AvgIpc) is 3.36. The van der Waals surface area contributed by atoms with Crippen LogP contribution in [0.15, 0.2) is 18.2 Å². The summed E-state index contributed by atoms with van der Waals surface area (Å²) in [6.07, 6.45) is 3.40. The lowest BCUT2D eigenvalue weighted by molar-refractivity contribution is -0.125. The second kappa shape index (κ2) is 9.71. The third-order valence-electron chi connectivity index (χ3n) is 6.18. The van der Waals surface area contributed by atoms with Gasteiger partial charge in [0.25, 0.3) is 5.91 Å². The molecule has 0 spiro atoms. The molecule has 1 aromatic carbocycles. The molecule has 4 rings (SSSR count). The van der Waals surface area contributed by atoms with Crippen LogP contribution >= 0.6 is 11.6 Å². The van der Waals surface area contributed by atoms with E-state index in [2.05, 4.69) is 27.0 Å². The standard InChI is InChI=1S/C23H26ClN5O4/c1-33-16-8-14-9-19(28-20(14)17(24)10-16)23(32)29-18(6-12-2-3-12)22(31)27-15(11-25)7-13-4-5-26-21(13)30/h8-10,12-13,15,18,28H,2-7H2,1H3,(H,26,30)(H,27,31)(H,29,32)/t13-,15?,18?/m0/s1. The van der Waals surface area contributed by atoms with Gasteiger partial charge in [0.1, 0.15) is 23.5 Å². The Kier molecular flexibility index (Phi) is 6.75. The number of hydrogen-bond acceptors (Lipinski definition) is 5. The Morgan fingerprint density at radius 2 is 2.03 bits per heavy atom. The molecule has 1 aliphatic carbocycles. The molecule has 3 amide bonds. The van der Waals surface area contributed by atoms with Crippen LogP contribution in [-0.4, -0.2) is 48.4 Å². The van der Waals surface area contributed by atoms with E-state index in [1.807, 2.05) is 0 Å². The Balaban J connectivity index is 1.45. The lowest BCUT2D eigenvalue weighted by atomic mass is 9.98. The van der Waals surface area contributed by atoms with Gasteiger partial charge >= 0.3 is 0 Å². The predicted octanol–water partition coefficient (Wildman–Crippen LogP) is 2.26. The molecular formula is C23H26ClN5O4. The molecule has 0 bridgehead atoms. The van der Waals surface area contributed by atoms with Gasteiger partial charge in [-0.1, -0.05) is 24.4 Å². The molecule has 1 aromatic heterocycles. The molecule has 0 radical (unpaired) electrons. The number of H-pyrrole nitrogens is 1. The Hall–Kier alpha value is -3.25. The first kappa shape index (κ1) is 22.9. The van der Waals surface area contributed by atoms with Crippen LogP contribution in [0.25, 0.3) is 10.9 Å². The fraction of sp³-hybridized carbons (Fsp3) is 0.478. The van der Waals surface area contributed by atoms with Gasteiger partial charge in [-0.15, -0.1) is 0 Å². The maximum absolute atomic E-state index is 13.0. The fourth-order valence-electron chi connectivity index (χ4n) is 4.14. The number of hydrogen-bond donors (Lipinski definition) is 4. The molecule has 2 aliphatic rings. The maximum atomic E-state index is 13.0.